The maximum absolute atomic E-state index is 6.11. The lowest BCUT2D eigenvalue weighted by molar-refractivity contribution is 0.645. The van der Waals surface area contributed by atoms with Crippen molar-refractivity contribution in [2.24, 2.45) is 5.92 Å². The Hall–Kier alpha value is -2.01. The van der Waals surface area contributed by atoms with Crippen LogP contribution in [0.5, 0.6) is 0 Å². The standard InChI is InChI=1S/C19H26ClN5/c1-14(2)13-21-19-22-15(3)11-18(23-19)25-9-7-24(8-10-25)17-6-4-5-16(20)12-17/h4-6,11-12,14H,7-10,13H2,1-3H3,(H,21,22,23). The predicted octanol–water partition coefficient (Wildman–Crippen LogP) is 3.83. The van der Waals surface area contributed by atoms with E-state index in [0.717, 1.165) is 55.2 Å². The second-order valence-electron chi connectivity index (χ2n) is 6.92. The average Bonchev–Trinajstić information content (AvgIpc) is 2.60. The molecule has 6 heteroatoms. The fourth-order valence-electron chi connectivity index (χ4n) is 2.95. The Kier molecular flexibility index (Phi) is 5.63. The molecular weight excluding hydrogens is 334 g/mol. The molecule has 1 saturated heterocycles. The first kappa shape index (κ1) is 17.8. The lowest BCUT2D eigenvalue weighted by atomic mass is 10.2. The quantitative estimate of drug-likeness (QED) is 0.878. The van der Waals surface area contributed by atoms with E-state index < -0.39 is 0 Å². The third kappa shape index (κ3) is 4.75. The molecule has 134 valence electrons. The number of hydrogen-bond donors (Lipinski definition) is 1. The smallest absolute Gasteiger partial charge is 0.224 e. The first-order valence-corrected chi connectivity index (χ1v) is 9.24. The first-order valence-electron chi connectivity index (χ1n) is 8.86. The van der Waals surface area contributed by atoms with Gasteiger partial charge in [-0.15, -0.1) is 0 Å². The number of aryl methyl sites for hydroxylation is 1. The molecule has 1 fully saturated rings. The molecule has 1 aromatic carbocycles. The summed E-state index contributed by atoms with van der Waals surface area (Å²) in [7, 11) is 0. The van der Waals surface area contributed by atoms with Crippen LogP contribution >= 0.6 is 11.6 Å². The summed E-state index contributed by atoms with van der Waals surface area (Å²) in [5, 5.41) is 4.12. The normalized spacial score (nSPS) is 14.9. The van der Waals surface area contributed by atoms with Crippen molar-refractivity contribution >= 4 is 29.1 Å². The van der Waals surface area contributed by atoms with Gasteiger partial charge in [-0.1, -0.05) is 31.5 Å². The number of rotatable bonds is 5. The third-order valence-electron chi connectivity index (χ3n) is 4.29. The number of benzene rings is 1. The van der Waals surface area contributed by atoms with Gasteiger partial charge in [0.05, 0.1) is 0 Å². The maximum Gasteiger partial charge on any atom is 0.224 e. The van der Waals surface area contributed by atoms with Gasteiger partial charge in [0.15, 0.2) is 0 Å². The molecule has 0 bridgehead atoms. The predicted molar refractivity (Wildman–Crippen MR) is 106 cm³/mol. The Balaban J connectivity index is 1.66. The van der Waals surface area contributed by atoms with E-state index in [9.17, 15) is 0 Å². The molecule has 0 saturated carbocycles. The van der Waals surface area contributed by atoms with E-state index in [1.54, 1.807) is 0 Å². The summed E-state index contributed by atoms with van der Waals surface area (Å²) >= 11 is 6.11. The lowest BCUT2D eigenvalue weighted by Gasteiger charge is -2.37. The number of nitrogens with zero attached hydrogens (tertiary/aromatic N) is 4. The second-order valence-corrected chi connectivity index (χ2v) is 7.36. The highest BCUT2D eigenvalue weighted by Gasteiger charge is 2.19. The number of halogens is 1. The Bertz CT molecular complexity index is 711. The van der Waals surface area contributed by atoms with Crippen molar-refractivity contribution in [3.05, 3.63) is 41.0 Å². The number of aromatic nitrogens is 2. The third-order valence-corrected chi connectivity index (χ3v) is 4.52. The van der Waals surface area contributed by atoms with E-state index in [0.29, 0.717) is 5.92 Å². The number of hydrogen-bond acceptors (Lipinski definition) is 5. The highest BCUT2D eigenvalue weighted by atomic mass is 35.5. The van der Waals surface area contributed by atoms with Crippen LogP contribution in [0.15, 0.2) is 30.3 Å². The Morgan fingerprint density at radius 3 is 2.48 bits per heavy atom. The van der Waals surface area contributed by atoms with E-state index in [2.05, 4.69) is 46.1 Å². The number of nitrogens with one attached hydrogen (secondary N) is 1. The average molecular weight is 360 g/mol. The molecule has 3 rings (SSSR count). The van der Waals surface area contributed by atoms with Gasteiger partial charge >= 0.3 is 0 Å². The van der Waals surface area contributed by atoms with E-state index in [-0.39, 0.29) is 0 Å². The van der Waals surface area contributed by atoms with Crippen molar-refractivity contribution < 1.29 is 0 Å². The highest BCUT2D eigenvalue weighted by molar-refractivity contribution is 6.30. The van der Waals surface area contributed by atoms with Gasteiger partial charge in [-0.25, -0.2) is 4.98 Å². The monoisotopic (exact) mass is 359 g/mol. The van der Waals surface area contributed by atoms with Crippen LogP contribution in [-0.4, -0.2) is 42.7 Å². The minimum Gasteiger partial charge on any atom is -0.368 e. The molecule has 2 aromatic rings. The van der Waals surface area contributed by atoms with Gasteiger partial charge in [0, 0.05) is 55.2 Å². The molecule has 1 aliphatic rings. The van der Waals surface area contributed by atoms with E-state index >= 15 is 0 Å². The molecule has 5 nitrogen and oxygen atoms in total. The SMILES string of the molecule is Cc1cc(N2CCN(c3cccc(Cl)c3)CC2)nc(NCC(C)C)n1. The fraction of sp³-hybridized carbons (Fsp3) is 0.474. The Morgan fingerprint density at radius 1 is 1.08 bits per heavy atom. The zero-order valence-corrected chi connectivity index (χ0v) is 15.9. The van der Waals surface area contributed by atoms with Crippen LogP contribution in [0.4, 0.5) is 17.5 Å². The van der Waals surface area contributed by atoms with Crippen molar-refractivity contribution in [1.82, 2.24) is 9.97 Å². The lowest BCUT2D eigenvalue weighted by Crippen LogP contribution is -2.47. The summed E-state index contributed by atoms with van der Waals surface area (Å²) in [6.45, 7) is 11.0. The van der Waals surface area contributed by atoms with Crippen molar-refractivity contribution in [2.45, 2.75) is 20.8 Å². The zero-order valence-electron chi connectivity index (χ0n) is 15.2. The van der Waals surface area contributed by atoms with Crippen LogP contribution in [0.25, 0.3) is 0 Å². The summed E-state index contributed by atoms with van der Waals surface area (Å²) in [5.41, 5.74) is 2.18. The molecule has 1 N–H and O–H groups in total. The van der Waals surface area contributed by atoms with Gasteiger partial charge < -0.3 is 15.1 Å². The van der Waals surface area contributed by atoms with Crippen LogP contribution < -0.4 is 15.1 Å². The van der Waals surface area contributed by atoms with Crippen LogP contribution in [0.2, 0.25) is 5.02 Å². The molecule has 0 spiro atoms. The van der Waals surface area contributed by atoms with E-state index in [1.807, 2.05) is 25.1 Å². The molecular formula is C19H26ClN5. The molecule has 2 heterocycles. The highest BCUT2D eigenvalue weighted by Crippen LogP contribution is 2.23. The summed E-state index contributed by atoms with van der Waals surface area (Å²) in [6, 6.07) is 10.1. The van der Waals surface area contributed by atoms with Crippen molar-refractivity contribution in [2.75, 3.05) is 47.8 Å². The van der Waals surface area contributed by atoms with Gasteiger partial charge in [0.1, 0.15) is 5.82 Å². The van der Waals surface area contributed by atoms with Crippen molar-refractivity contribution in [1.29, 1.82) is 0 Å². The first-order chi connectivity index (χ1) is 12.0. The molecule has 1 aromatic heterocycles. The van der Waals surface area contributed by atoms with Crippen LogP contribution in [0.3, 0.4) is 0 Å². The molecule has 0 unspecified atom stereocenters. The van der Waals surface area contributed by atoms with Crippen molar-refractivity contribution in [3.8, 4) is 0 Å². The van der Waals surface area contributed by atoms with Crippen LogP contribution in [-0.2, 0) is 0 Å². The molecule has 1 aliphatic heterocycles. The van der Waals surface area contributed by atoms with E-state index in [1.165, 1.54) is 5.69 Å². The molecule has 0 radical (unpaired) electrons. The molecule has 0 atom stereocenters. The Morgan fingerprint density at radius 2 is 1.80 bits per heavy atom. The summed E-state index contributed by atoms with van der Waals surface area (Å²) < 4.78 is 0. The fourth-order valence-corrected chi connectivity index (χ4v) is 3.14. The van der Waals surface area contributed by atoms with Gasteiger partial charge in [0.25, 0.3) is 0 Å². The molecule has 0 amide bonds. The number of anilines is 3. The number of piperazine rings is 1. The van der Waals surface area contributed by atoms with E-state index in [4.69, 9.17) is 16.6 Å². The van der Waals surface area contributed by atoms with Gasteiger partial charge in [-0.3, -0.25) is 0 Å². The minimum absolute atomic E-state index is 0.564. The summed E-state index contributed by atoms with van der Waals surface area (Å²) in [4.78, 5) is 13.9. The second kappa shape index (κ2) is 7.91. The van der Waals surface area contributed by atoms with Gasteiger partial charge in [-0.2, -0.15) is 4.98 Å². The minimum atomic E-state index is 0.564. The maximum atomic E-state index is 6.11. The zero-order chi connectivity index (χ0) is 17.8. The molecule has 0 aliphatic carbocycles. The Labute approximate surface area is 155 Å². The van der Waals surface area contributed by atoms with Gasteiger partial charge in [-0.05, 0) is 31.0 Å². The molecule has 25 heavy (non-hydrogen) atoms. The topological polar surface area (TPSA) is 44.3 Å². The largest absolute Gasteiger partial charge is 0.368 e. The van der Waals surface area contributed by atoms with Crippen molar-refractivity contribution in [3.63, 3.8) is 0 Å². The van der Waals surface area contributed by atoms with Crippen LogP contribution in [0, 0.1) is 12.8 Å². The summed E-state index contributed by atoms with van der Waals surface area (Å²) in [5.74, 6) is 2.29. The summed E-state index contributed by atoms with van der Waals surface area (Å²) in [6.07, 6.45) is 0. The van der Waals surface area contributed by atoms with Crippen LogP contribution in [0.1, 0.15) is 19.5 Å². The van der Waals surface area contributed by atoms with Gasteiger partial charge in [0.2, 0.25) is 5.95 Å².